The fourth-order valence-corrected chi connectivity index (χ4v) is 6.06. The van der Waals surface area contributed by atoms with Crippen LogP contribution in [0.2, 0.25) is 25.7 Å². The predicted octanol–water partition coefficient (Wildman–Crippen LogP) is 7.69. The molecule has 0 aliphatic carbocycles. The van der Waals surface area contributed by atoms with Gasteiger partial charge in [0, 0.05) is 58.1 Å². The van der Waals surface area contributed by atoms with E-state index in [-0.39, 0.29) is 12.3 Å². The molecule has 244 valence electrons. The van der Waals surface area contributed by atoms with Crippen molar-refractivity contribution < 1.29 is 23.7 Å². The Labute approximate surface area is 268 Å². The zero-order chi connectivity index (χ0) is 31.5. The standard InChI is InChI=1S/C35H50N4O5Si/c1-28(16-20-40-17-10-18-41-26-29-11-6-5-7-12-29)44-31-14-15-33-32(23-31)35(37-39(33)34-13-8-9-19-43-34)30-24-36-38(25-30)27-42-21-22-45(2,3)4/h5-7,11-12,14-15,23-25,28,34H,8-10,13,16-22,26-27H2,1-4H3. The van der Waals surface area contributed by atoms with E-state index in [0.717, 1.165) is 79.3 Å². The van der Waals surface area contributed by atoms with Crippen LogP contribution in [0.5, 0.6) is 5.75 Å². The maximum atomic E-state index is 6.35. The van der Waals surface area contributed by atoms with E-state index in [4.69, 9.17) is 28.8 Å². The van der Waals surface area contributed by atoms with Crippen LogP contribution in [0.25, 0.3) is 22.2 Å². The summed E-state index contributed by atoms with van der Waals surface area (Å²) in [6.45, 7) is 13.8. The predicted molar refractivity (Wildman–Crippen MR) is 180 cm³/mol. The number of fused-ring (bicyclic) bond motifs is 1. The number of hydrogen-bond donors (Lipinski definition) is 0. The molecule has 0 amide bonds. The molecular weight excluding hydrogens is 584 g/mol. The summed E-state index contributed by atoms with van der Waals surface area (Å²) in [7, 11) is -1.13. The largest absolute Gasteiger partial charge is 0.491 e. The van der Waals surface area contributed by atoms with Crippen LogP contribution in [0.1, 0.15) is 50.8 Å². The Bertz CT molecular complexity index is 1450. The smallest absolute Gasteiger partial charge is 0.150 e. The second kappa shape index (κ2) is 16.5. The molecule has 2 aromatic heterocycles. The van der Waals surface area contributed by atoms with Gasteiger partial charge >= 0.3 is 0 Å². The highest BCUT2D eigenvalue weighted by Gasteiger charge is 2.23. The Balaban J connectivity index is 1.16. The van der Waals surface area contributed by atoms with Gasteiger partial charge in [0.15, 0.2) is 6.23 Å². The fourth-order valence-electron chi connectivity index (χ4n) is 5.31. The van der Waals surface area contributed by atoms with E-state index in [1.54, 1.807) is 0 Å². The molecule has 0 bridgehead atoms. The van der Waals surface area contributed by atoms with Crippen LogP contribution in [-0.4, -0.2) is 66.8 Å². The van der Waals surface area contributed by atoms with E-state index in [0.29, 0.717) is 33.2 Å². The average Bonchev–Trinajstić information content (AvgIpc) is 3.66. The molecule has 4 aromatic rings. The third-order valence-corrected chi connectivity index (χ3v) is 9.63. The molecule has 9 nitrogen and oxygen atoms in total. The minimum Gasteiger partial charge on any atom is -0.491 e. The summed E-state index contributed by atoms with van der Waals surface area (Å²) in [6.07, 6.45) is 8.68. The van der Waals surface area contributed by atoms with Gasteiger partial charge in [0.2, 0.25) is 0 Å². The summed E-state index contributed by atoms with van der Waals surface area (Å²) in [4.78, 5) is 0. The molecule has 10 heteroatoms. The Morgan fingerprint density at radius 1 is 0.978 bits per heavy atom. The molecule has 1 aliphatic rings. The zero-order valence-electron chi connectivity index (χ0n) is 27.5. The van der Waals surface area contributed by atoms with Gasteiger partial charge in [0.25, 0.3) is 0 Å². The lowest BCUT2D eigenvalue weighted by Crippen LogP contribution is -2.22. The van der Waals surface area contributed by atoms with Crippen LogP contribution >= 0.6 is 0 Å². The molecule has 0 radical (unpaired) electrons. The maximum absolute atomic E-state index is 6.35. The lowest BCUT2D eigenvalue weighted by molar-refractivity contribution is -0.0365. The van der Waals surface area contributed by atoms with E-state index in [9.17, 15) is 0 Å². The van der Waals surface area contributed by atoms with Crippen molar-refractivity contribution in [3.05, 3.63) is 66.5 Å². The summed E-state index contributed by atoms with van der Waals surface area (Å²) in [5.41, 5.74) is 4.06. The Morgan fingerprint density at radius 3 is 2.62 bits per heavy atom. The number of ether oxygens (including phenoxy) is 5. The first-order valence-corrected chi connectivity index (χ1v) is 20.2. The normalized spacial score (nSPS) is 16.3. The molecule has 0 saturated carbocycles. The van der Waals surface area contributed by atoms with Crippen molar-refractivity contribution in [1.82, 2.24) is 19.6 Å². The lowest BCUT2D eigenvalue weighted by atomic mass is 10.1. The zero-order valence-corrected chi connectivity index (χ0v) is 28.5. The van der Waals surface area contributed by atoms with Gasteiger partial charge < -0.3 is 23.7 Å². The van der Waals surface area contributed by atoms with Crippen LogP contribution < -0.4 is 4.74 Å². The van der Waals surface area contributed by atoms with E-state index in [1.807, 2.05) is 46.0 Å². The van der Waals surface area contributed by atoms with Crippen LogP contribution in [-0.2, 0) is 32.3 Å². The molecule has 1 fully saturated rings. The van der Waals surface area contributed by atoms with Crippen molar-refractivity contribution in [2.45, 2.75) is 90.4 Å². The molecule has 2 atom stereocenters. The third-order valence-electron chi connectivity index (χ3n) is 7.93. The highest BCUT2D eigenvalue weighted by molar-refractivity contribution is 6.76. The molecule has 0 N–H and O–H groups in total. The molecule has 0 spiro atoms. The van der Waals surface area contributed by atoms with Crippen LogP contribution in [0.4, 0.5) is 0 Å². The van der Waals surface area contributed by atoms with E-state index >= 15 is 0 Å². The van der Waals surface area contributed by atoms with Crippen molar-refractivity contribution in [2.24, 2.45) is 0 Å². The third kappa shape index (κ3) is 10.2. The van der Waals surface area contributed by atoms with Crippen molar-refractivity contribution in [3.8, 4) is 17.0 Å². The minimum atomic E-state index is -1.13. The number of nitrogens with zero attached hydrogens (tertiary/aromatic N) is 4. The fraction of sp³-hybridized carbons (Fsp3) is 0.543. The highest BCUT2D eigenvalue weighted by atomic mass is 28.3. The molecule has 5 rings (SSSR count). The summed E-state index contributed by atoms with van der Waals surface area (Å²) < 4.78 is 33.9. The molecule has 45 heavy (non-hydrogen) atoms. The monoisotopic (exact) mass is 634 g/mol. The highest BCUT2D eigenvalue weighted by Crippen LogP contribution is 2.35. The van der Waals surface area contributed by atoms with Crippen LogP contribution in [0.15, 0.2) is 60.9 Å². The van der Waals surface area contributed by atoms with Crippen molar-refractivity contribution in [2.75, 3.05) is 33.0 Å². The van der Waals surface area contributed by atoms with E-state index in [1.165, 1.54) is 5.56 Å². The summed E-state index contributed by atoms with van der Waals surface area (Å²) in [5.74, 6) is 0.816. The van der Waals surface area contributed by atoms with Gasteiger partial charge in [0.05, 0.1) is 31.0 Å². The first-order valence-electron chi connectivity index (χ1n) is 16.5. The first-order chi connectivity index (χ1) is 21.9. The Hall–Kier alpha value is -3.02. The van der Waals surface area contributed by atoms with Crippen molar-refractivity contribution in [3.63, 3.8) is 0 Å². The average molecular weight is 635 g/mol. The van der Waals surface area contributed by atoms with E-state index in [2.05, 4.69) is 55.9 Å². The quantitative estimate of drug-likeness (QED) is 0.0820. The van der Waals surface area contributed by atoms with Gasteiger partial charge in [-0.15, -0.1) is 0 Å². The SMILES string of the molecule is CC(CCOCCCOCc1ccccc1)Oc1ccc2c(c1)c(-c1cnn(COCC[Si](C)(C)C)c1)nn2C1CCCCO1. The number of benzene rings is 2. The number of aromatic nitrogens is 4. The maximum Gasteiger partial charge on any atom is 0.150 e. The second-order valence-electron chi connectivity index (χ2n) is 13.1. The second-order valence-corrected chi connectivity index (χ2v) is 18.8. The molecule has 1 aliphatic heterocycles. The number of hydrogen-bond acceptors (Lipinski definition) is 7. The summed E-state index contributed by atoms with van der Waals surface area (Å²) in [6, 6.07) is 17.6. The molecule has 3 heterocycles. The van der Waals surface area contributed by atoms with Gasteiger partial charge in [-0.05, 0) is 62.4 Å². The summed E-state index contributed by atoms with van der Waals surface area (Å²) >= 11 is 0. The minimum absolute atomic E-state index is 0.00742. The van der Waals surface area contributed by atoms with Gasteiger partial charge in [-0.2, -0.15) is 10.2 Å². The first kappa shape index (κ1) is 33.3. The van der Waals surface area contributed by atoms with Crippen LogP contribution in [0.3, 0.4) is 0 Å². The van der Waals surface area contributed by atoms with Gasteiger partial charge in [-0.3, -0.25) is 0 Å². The van der Waals surface area contributed by atoms with Crippen molar-refractivity contribution in [1.29, 1.82) is 0 Å². The molecular formula is C35H50N4O5Si. The van der Waals surface area contributed by atoms with E-state index < -0.39 is 8.07 Å². The van der Waals surface area contributed by atoms with Crippen molar-refractivity contribution >= 4 is 19.0 Å². The van der Waals surface area contributed by atoms with Gasteiger partial charge in [-0.25, -0.2) is 9.36 Å². The topological polar surface area (TPSA) is 81.8 Å². The molecule has 1 saturated heterocycles. The molecule has 2 unspecified atom stereocenters. The Morgan fingerprint density at radius 2 is 1.82 bits per heavy atom. The lowest BCUT2D eigenvalue weighted by Gasteiger charge is -2.23. The molecule has 2 aromatic carbocycles. The van der Waals surface area contributed by atoms with Crippen LogP contribution in [0, 0.1) is 0 Å². The summed E-state index contributed by atoms with van der Waals surface area (Å²) in [5, 5.41) is 10.7. The van der Waals surface area contributed by atoms with Gasteiger partial charge in [-0.1, -0.05) is 50.0 Å². The number of rotatable bonds is 18. The van der Waals surface area contributed by atoms with Gasteiger partial charge in [0.1, 0.15) is 18.2 Å². The Kier molecular flexibility index (Phi) is 12.2.